The van der Waals surface area contributed by atoms with Gasteiger partial charge in [-0.3, -0.25) is 0 Å². The van der Waals surface area contributed by atoms with Crippen LogP contribution in [-0.4, -0.2) is 59.6 Å². The first kappa shape index (κ1) is 26.6. The monoisotopic (exact) mass is 414 g/mol. The van der Waals surface area contributed by atoms with Gasteiger partial charge < -0.3 is 24.8 Å². The molecule has 0 aromatic rings. The van der Waals surface area contributed by atoms with E-state index < -0.39 is 24.4 Å². The third kappa shape index (κ3) is 12.7. The number of aliphatic hydroxyl groups excluding tert-OH is 3. The van der Waals surface area contributed by atoms with E-state index in [-0.39, 0.29) is 13.2 Å². The van der Waals surface area contributed by atoms with E-state index in [4.69, 9.17) is 9.47 Å². The van der Waals surface area contributed by atoms with Crippen LogP contribution < -0.4 is 0 Å². The first-order valence-corrected chi connectivity index (χ1v) is 12.1. The summed E-state index contributed by atoms with van der Waals surface area (Å²) in [5.74, 6) is 0. The maximum absolute atomic E-state index is 10.0. The molecule has 3 N–H and O–H groups in total. The van der Waals surface area contributed by atoms with Crippen molar-refractivity contribution >= 4 is 0 Å². The first-order chi connectivity index (χ1) is 14.2. The maximum Gasteiger partial charge on any atom is 0.114 e. The summed E-state index contributed by atoms with van der Waals surface area (Å²) in [7, 11) is 0. The Bertz CT molecular complexity index is 385. The summed E-state index contributed by atoms with van der Waals surface area (Å²) < 4.78 is 11.0. The average molecular weight is 415 g/mol. The molecule has 0 unspecified atom stereocenters. The van der Waals surface area contributed by atoms with Crippen molar-refractivity contribution in [2.24, 2.45) is 0 Å². The third-order valence-corrected chi connectivity index (χ3v) is 5.74. The molecule has 0 spiro atoms. The third-order valence-electron chi connectivity index (χ3n) is 5.74. The first-order valence-electron chi connectivity index (χ1n) is 12.1. The van der Waals surface area contributed by atoms with Gasteiger partial charge in [0.15, 0.2) is 0 Å². The van der Waals surface area contributed by atoms with Crippen LogP contribution in [-0.2, 0) is 9.47 Å². The van der Waals surface area contributed by atoms with Crippen molar-refractivity contribution in [3.8, 4) is 0 Å². The zero-order chi connectivity index (χ0) is 21.2. The fraction of sp³-hybridized carbons (Fsp3) is 0.917. The van der Waals surface area contributed by atoms with Crippen LogP contribution in [0.1, 0.15) is 96.8 Å². The molecule has 172 valence electrons. The predicted molar refractivity (Wildman–Crippen MR) is 118 cm³/mol. The van der Waals surface area contributed by atoms with Crippen LogP contribution in [0.3, 0.4) is 0 Å². The van der Waals surface area contributed by atoms with Crippen molar-refractivity contribution in [1.29, 1.82) is 0 Å². The van der Waals surface area contributed by atoms with Crippen LogP contribution in [0.15, 0.2) is 12.2 Å². The summed E-state index contributed by atoms with van der Waals surface area (Å²) in [6.45, 7) is 2.56. The van der Waals surface area contributed by atoms with Gasteiger partial charge in [-0.2, -0.15) is 0 Å². The summed E-state index contributed by atoms with van der Waals surface area (Å²) in [5.41, 5.74) is 0. The van der Waals surface area contributed by atoms with Crippen LogP contribution in [0.2, 0.25) is 0 Å². The molecule has 1 rings (SSSR count). The Balaban J connectivity index is 1.85. The summed E-state index contributed by atoms with van der Waals surface area (Å²) >= 11 is 0. The summed E-state index contributed by atoms with van der Waals surface area (Å²) in [5, 5.41) is 29.0. The van der Waals surface area contributed by atoms with Crippen LogP contribution in [0.5, 0.6) is 0 Å². The number of aliphatic hydroxyl groups is 3. The van der Waals surface area contributed by atoms with E-state index in [1.807, 2.05) is 0 Å². The molecule has 29 heavy (non-hydrogen) atoms. The number of hydrogen-bond donors (Lipinski definition) is 3. The lowest BCUT2D eigenvalue weighted by Crippen LogP contribution is -2.55. The van der Waals surface area contributed by atoms with Gasteiger partial charge in [0.1, 0.15) is 24.4 Å². The molecule has 1 heterocycles. The van der Waals surface area contributed by atoms with Gasteiger partial charge in [0.25, 0.3) is 0 Å². The van der Waals surface area contributed by atoms with E-state index in [9.17, 15) is 15.3 Å². The molecular weight excluding hydrogens is 368 g/mol. The Hall–Kier alpha value is -0.460. The van der Waals surface area contributed by atoms with Crippen molar-refractivity contribution in [3.05, 3.63) is 12.2 Å². The molecule has 4 atom stereocenters. The Morgan fingerprint density at radius 1 is 0.828 bits per heavy atom. The zero-order valence-electron chi connectivity index (χ0n) is 18.6. The molecular formula is C24H46O5. The number of rotatable bonds is 18. The van der Waals surface area contributed by atoms with Gasteiger partial charge in [-0.05, 0) is 25.7 Å². The van der Waals surface area contributed by atoms with Crippen molar-refractivity contribution in [2.75, 3.05) is 19.8 Å². The molecule has 0 bridgehead atoms. The highest BCUT2D eigenvalue weighted by Gasteiger charge is 2.39. The summed E-state index contributed by atoms with van der Waals surface area (Å²) in [6.07, 6.45) is 19.3. The molecule has 0 aromatic carbocycles. The molecule has 0 saturated carbocycles. The van der Waals surface area contributed by atoms with Gasteiger partial charge in [-0.25, -0.2) is 0 Å². The maximum atomic E-state index is 10.0. The lowest BCUT2D eigenvalue weighted by Gasteiger charge is -2.37. The SMILES string of the molecule is CC/C=C/CCCCCCCCCCCCCCO[C@H]1[C@H](O)[C@@H](O)CO[C@@H]1CO. The molecule has 5 heteroatoms. The Morgan fingerprint density at radius 3 is 1.93 bits per heavy atom. The standard InChI is InChI=1S/C24H46O5/c1-2-3-4-5-6-7-8-9-10-11-12-13-14-15-16-17-18-28-24-22(19-25)29-20-21(26)23(24)27/h3-4,21-27H,2,5-20H2,1H3/b4-3+/t21-,22+,23+,24+/m0/s1. The number of ether oxygens (including phenoxy) is 2. The second-order valence-corrected chi connectivity index (χ2v) is 8.36. The molecule has 1 aliphatic heterocycles. The Morgan fingerprint density at radius 2 is 1.38 bits per heavy atom. The van der Waals surface area contributed by atoms with E-state index >= 15 is 0 Å². The van der Waals surface area contributed by atoms with Crippen molar-refractivity contribution < 1.29 is 24.8 Å². The van der Waals surface area contributed by atoms with Crippen molar-refractivity contribution in [3.63, 3.8) is 0 Å². The molecule has 0 aliphatic carbocycles. The minimum atomic E-state index is -0.987. The fourth-order valence-electron chi connectivity index (χ4n) is 3.85. The molecule has 5 nitrogen and oxygen atoms in total. The van der Waals surface area contributed by atoms with Gasteiger partial charge in [-0.15, -0.1) is 0 Å². The van der Waals surface area contributed by atoms with Crippen LogP contribution in [0.25, 0.3) is 0 Å². The predicted octanol–water partition coefficient (Wildman–Crippen LogP) is 4.52. The second kappa shape index (κ2) is 18.3. The topological polar surface area (TPSA) is 79.2 Å². The van der Waals surface area contributed by atoms with Crippen LogP contribution in [0.4, 0.5) is 0 Å². The Labute approximate surface area is 178 Å². The number of hydrogen-bond acceptors (Lipinski definition) is 5. The molecule has 1 aliphatic rings. The quantitative estimate of drug-likeness (QED) is 0.227. The van der Waals surface area contributed by atoms with Gasteiger partial charge >= 0.3 is 0 Å². The number of unbranched alkanes of at least 4 members (excludes halogenated alkanes) is 12. The van der Waals surface area contributed by atoms with Crippen LogP contribution >= 0.6 is 0 Å². The van der Waals surface area contributed by atoms with E-state index in [2.05, 4.69) is 19.1 Å². The normalized spacial score (nSPS) is 25.1. The second-order valence-electron chi connectivity index (χ2n) is 8.36. The van der Waals surface area contributed by atoms with E-state index in [0.717, 1.165) is 19.3 Å². The molecule has 0 amide bonds. The zero-order valence-corrected chi connectivity index (χ0v) is 18.6. The minimum Gasteiger partial charge on any atom is -0.394 e. The van der Waals surface area contributed by atoms with Crippen molar-refractivity contribution in [2.45, 2.75) is 121 Å². The highest BCUT2D eigenvalue weighted by molar-refractivity contribution is 4.87. The molecule has 0 radical (unpaired) electrons. The lowest BCUT2D eigenvalue weighted by atomic mass is 10.0. The molecule has 1 saturated heterocycles. The van der Waals surface area contributed by atoms with Gasteiger partial charge in [0.05, 0.1) is 13.2 Å². The average Bonchev–Trinajstić information content (AvgIpc) is 2.73. The summed E-state index contributed by atoms with van der Waals surface area (Å²) in [6, 6.07) is 0. The van der Waals surface area contributed by atoms with E-state index in [1.165, 1.54) is 70.6 Å². The highest BCUT2D eigenvalue weighted by atomic mass is 16.6. The lowest BCUT2D eigenvalue weighted by molar-refractivity contribution is -0.211. The van der Waals surface area contributed by atoms with Crippen molar-refractivity contribution in [1.82, 2.24) is 0 Å². The summed E-state index contributed by atoms with van der Waals surface area (Å²) in [4.78, 5) is 0. The highest BCUT2D eigenvalue weighted by Crippen LogP contribution is 2.19. The van der Waals surface area contributed by atoms with Gasteiger partial charge in [0, 0.05) is 6.61 Å². The smallest absolute Gasteiger partial charge is 0.114 e. The molecule has 1 fully saturated rings. The fourth-order valence-corrected chi connectivity index (χ4v) is 3.85. The van der Waals surface area contributed by atoms with E-state index in [1.54, 1.807) is 0 Å². The Kier molecular flexibility index (Phi) is 16.8. The van der Waals surface area contributed by atoms with Gasteiger partial charge in [0.2, 0.25) is 0 Å². The van der Waals surface area contributed by atoms with Gasteiger partial charge in [-0.1, -0.05) is 83.3 Å². The van der Waals surface area contributed by atoms with E-state index in [0.29, 0.717) is 6.61 Å². The number of allylic oxidation sites excluding steroid dienone is 2. The van der Waals surface area contributed by atoms with Crippen LogP contribution in [0, 0.1) is 0 Å². The largest absolute Gasteiger partial charge is 0.394 e. The minimum absolute atomic E-state index is 0.0445. The molecule has 0 aromatic heterocycles.